The summed E-state index contributed by atoms with van der Waals surface area (Å²) in [6.45, 7) is 5.34. The van der Waals surface area contributed by atoms with Crippen molar-refractivity contribution in [2.75, 3.05) is 32.9 Å². The highest BCUT2D eigenvalue weighted by molar-refractivity contribution is 8.11. The Labute approximate surface area is 66.7 Å². The van der Waals surface area contributed by atoms with E-state index in [-0.39, 0.29) is 10.7 Å². The highest BCUT2D eigenvalue weighted by Gasteiger charge is 1.93. The van der Waals surface area contributed by atoms with E-state index in [1.54, 1.807) is 0 Å². The minimum Gasteiger partial charge on any atom is -0.316 e. The van der Waals surface area contributed by atoms with Crippen LogP contribution in [0.1, 0.15) is 6.92 Å². The van der Waals surface area contributed by atoms with Crippen molar-refractivity contribution in [3.63, 3.8) is 0 Å². The van der Waals surface area contributed by atoms with E-state index in [1.165, 1.54) is 0 Å². The first-order valence-corrected chi connectivity index (χ1v) is 5.32. The van der Waals surface area contributed by atoms with Gasteiger partial charge in [-0.25, -0.2) is 0 Å². The summed E-state index contributed by atoms with van der Waals surface area (Å²) in [5.74, 6) is 3.94. The van der Waals surface area contributed by atoms with Crippen LogP contribution in [0.2, 0.25) is 0 Å². The summed E-state index contributed by atoms with van der Waals surface area (Å²) >= 11 is 0. The lowest BCUT2D eigenvalue weighted by atomic mass is 10.6. The fourth-order valence-electron chi connectivity index (χ4n) is 0.569. The second-order valence-electron chi connectivity index (χ2n) is 2.31. The molecule has 0 saturated carbocycles. The fraction of sp³-hybridized carbons (Fsp3) is 0.857. The second-order valence-corrected chi connectivity index (χ2v) is 4.13. The largest absolute Gasteiger partial charge is 0.316 e. The van der Waals surface area contributed by atoms with Crippen LogP contribution in [0.3, 0.4) is 0 Å². The van der Waals surface area contributed by atoms with Gasteiger partial charge in [0.1, 0.15) is 0 Å². The molecule has 10 heavy (non-hydrogen) atoms. The normalized spacial score (nSPS) is 14.0. The van der Waals surface area contributed by atoms with Crippen LogP contribution in [0.25, 0.3) is 0 Å². The van der Waals surface area contributed by atoms with E-state index in [2.05, 4.69) is 35.7 Å². The molecule has 0 aromatic heterocycles. The van der Waals surface area contributed by atoms with Crippen LogP contribution in [0.5, 0.6) is 0 Å². The molecule has 1 unspecified atom stereocenters. The van der Waals surface area contributed by atoms with E-state index < -0.39 is 0 Å². The number of rotatable bonds is 5. The van der Waals surface area contributed by atoms with Crippen LogP contribution in [0.15, 0.2) is 0 Å². The lowest BCUT2D eigenvalue weighted by Gasteiger charge is -2.16. The van der Waals surface area contributed by atoms with Gasteiger partial charge in [-0.3, -0.25) is 4.31 Å². The minimum absolute atomic E-state index is 0.180. The Morgan fingerprint density at radius 1 is 1.60 bits per heavy atom. The summed E-state index contributed by atoms with van der Waals surface area (Å²) in [5.41, 5.74) is 0. The number of likely N-dealkylation sites (N-methyl/N-ethyl adjacent to an activating group) is 2. The van der Waals surface area contributed by atoms with Gasteiger partial charge in [-0.15, -0.1) is 10.7 Å². The predicted octanol–water partition coefficient (Wildman–Crippen LogP) is 0.773. The van der Waals surface area contributed by atoms with Crippen molar-refractivity contribution in [3.05, 3.63) is 0 Å². The van der Waals surface area contributed by atoms with Crippen molar-refractivity contribution in [1.82, 2.24) is 9.62 Å². The van der Waals surface area contributed by atoms with Crippen molar-refractivity contribution in [2.45, 2.75) is 6.92 Å². The summed E-state index contributed by atoms with van der Waals surface area (Å²) < 4.78 is 2.25. The van der Waals surface area contributed by atoms with Gasteiger partial charge in [0.2, 0.25) is 0 Å². The molecule has 0 bridgehead atoms. The topological polar surface area (TPSA) is 15.3 Å². The number of hydrogen-bond acceptors (Lipinski definition) is 2. The third-order valence-electron chi connectivity index (χ3n) is 1.39. The summed E-state index contributed by atoms with van der Waals surface area (Å²) in [6.07, 6.45) is 2.13. The lowest BCUT2D eigenvalue weighted by Crippen LogP contribution is -2.25. The van der Waals surface area contributed by atoms with Gasteiger partial charge in [-0.05, 0) is 19.8 Å². The zero-order valence-corrected chi connectivity index (χ0v) is 8.00. The molecular formula is C7H18N2S. The van der Waals surface area contributed by atoms with Gasteiger partial charge in [0.05, 0.1) is 0 Å². The zero-order valence-electron chi connectivity index (χ0n) is 7.18. The summed E-state index contributed by atoms with van der Waals surface area (Å²) in [6, 6.07) is 0. The molecule has 0 aliphatic rings. The first kappa shape index (κ1) is 10.1. The van der Waals surface area contributed by atoms with E-state index in [9.17, 15) is 0 Å². The van der Waals surface area contributed by atoms with Gasteiger partial charge in [0, 0.05) is 13.1 Å². The standard InChI is InChI=1S/C7H18N2S/c1-5-8-6-7-9(2)10(3)4/h8H,3,5-7H2,1-2,4H3. The quantitative estimate of drug-likeness (QED) is 0.474. The van der Waals surface area contributed by atoms with Crippen LogP contribution in [-0.4, -0.2) is 43.1 Å². The summed E-state index contributed by atoms with van der Waals surface area (Å²) in [4.78, 5) is 0. The molecule has 0 amide bonds. The molecule has 0 heterocycles. The van der Waals surface area contributed by atoms with Gasteiger partial charge in [-0.1, -0.05) is 12.8 Å². The number of nitrogens with zero attached hydrogens (tertiary/aromatic N) is 1. The molecule has 0 fully saturated rings. The Hall–Kier alpha value is 0.140. The van der Waals surface area contributed by atoms with E-state index in [4.69, 9.17) is 0 Å². The number of nitrogens with one attached hydrogen (secondary N) is 1. The van der Waals surface area contributed by atoms with Crippen molar-refractivity contribution in [1.29, 1.82) is 0 Å². The zero-order chi connectivity index (χ0) is 7.98. The van der Waals surface area contributed by atoms with E-state index in [0.717, 1.165) is 19.6 Å². The van der Waals surface area contributed by atoms with Gasteiger partial charge in [0.25, 0.3) is 0 Å². The van der Waals surface area contributed by atoms with Crippen molar-refractivity contribution >= 4 is 16.5 Å². The van der Waals surface area contributed by atoms with Crippen molar-refractivity contribution < 1.29 is 0 Å². The van der Waals surface area contributed by atoms with E-state index >= 15 is 0 Å². The molecule has 0 aliphatic heterocycles. The molecular weight excluding hydrogens is 144 g/mol. The van der Waals surface area contributed by atoms with Gasteiger partial charge >= 0.3 is 0 Å². The van der Waals surface area contributed by atoms with Crippen molar-refractivity contribution in [2.24, 2.45) is 0 Å². The Kier molecular flexibility index (Phi) is 5.97. The predicted molar refractivity (Wildman–Crippen MR) is 51.8 cm³/mol. The summed E-state index contributed by atoms with van der Waals surface area (Å²) in [5, 5.41) is 3.27. The third kappa shape index (κ3) is 4.97. The lowest BCUT2D eigenvalue weighted by molar-refractivity contribution is 0.536. The monoisotopic (exact) mass is 162 g/mol. The number of hydrogen-bond donors (Lipinski definition) is 1. The second kappa shape index (κ2) is 5.89. The Bertz CT molecular complexity index is 104. The van der Waals surface area contributed by atoms with Crippen LogP contribution < -0.4 is 5.32 Å². The molecule has 62 valence electrons. The summed E-state index contributed by atoms with van der Waals surface area (Å²) in [7, 11) is 2.28. The average molecular weight is 162 g/mol. The maximum absolute atomic E-state index is 3.94. The molecule has 0 spiro atoms. The molecule has 0 aromatic carbocycles. The molecule has 0 aliphatic carbocycles. The molecule has 2 nitrogen and oxygen atoms in total. The van der Waals surface area contributed by atoms with Crippen molar-refractivity contribution in [3.8, 4) is 0 Å². The molecule has 1 N–H and O–H groups in total. The minimum atomic E-state index is 0.180. The Morgan fingerprint density at radius 3 is 2.60 bits per heavy atom. The maximum atomic E-state index is 3.94. The SMILES string of the molecule is C=S(C)N(C)CCNCC. The molecule has 3 heteroatoms. The Morgan fingerprint density at radius 2 is 2.20 bits per heavy atom. The highest BCUT2D eigenvalue weighted by atomic mass is 32.2. The molecule has 0 aromatic rings. The van der Waals surface area contributed by atoms with Gasteiger partial charge in [0.15, 0.2) is 0 Å². The van der Waals surface area contributed by atoms with Gasteiger partial charge in [-0.2, -0.15) is 0 Å². The van der Waals surface area contributed by atoms with E-state index in [0.29, 0.717) is 0 Å². The van der Waals surface area contributed by atoms with Crippen LogP contribution in [-0.2, 0) is 0 Å². The van der Waals surface area contributed by atoms with Crippen LogP contribution in [0, 0.1) is 0 Å². The molecule has 0 rings (SSSR count). The highest BCUT2D eigenvalue weighted by Crippen LogP contribution is 2.06. The van der Waals surface area contributed by atoms with Crippen LogP contribution in [0.4, 0.5) is 0 Å². The first-order chi connectivity index (χ1) is 4.68. The third-order valence-corrected chi connectivity index (χ3v) is 2.63. The average Bonchev–Trinajstić information content (AvgIpc) is 1.88. The molecule has 0 saturated heterocycles. The Balaban J connectivity index is 3.21. The smallest absolute Gasteiger partial charge is 0.0207 e. The van der Waals surface area contributed by atoms with Gasteiger partial charge < -0.3 is 5.32 Å². The van der Waals surface area contributed by atoms with E-state index in [1.807, 2.05) is 0 Å². The fourth-order valence-corrected chi connectivity index (χ4v) is 0.972. The maximum Gasteiger partial charge on any atom is 0.0207 e. The first-order valence-electron chi connectivity index (χ1n) is 3.56. The molecule has 0 radical (unpaired) electrons. The molecule has 1 atom stereocenters. The van der Waals surface area contributed by atoms with Crippen LogP contribution >= 0.6 is 10.7 Å².